The van der Waals surface area contributed by atoms with Gasteiger partial charge in [0.05, 0.1) is 6.04 Å². The molecule has 3 heterocycles. The summed E-state index contributed by atoms with van der Waals surface area (Å²) < 4.78 is 0. The minimum Gasteiger partial charge on any atom is -0.315 e. The summed E-state index contributed by atoms with van der Waals surface area (Å²) >= 11 is 0. The Labute approximate surface area is 82.1 Å². The van der Waals surface area contributed by atoms with Gasteiger partial charge in [0.1, 0.15) is 0 Å². The van der Waals surface area contributed by atoms with Crippen LogP contribution in [0.3, 0.4) is 0 Å². The number of nitrogens with zero attached hydrogens (tertiary/aromatic N) is 2. The first-order chi connectivity index (χ1) is 6.86. The normalized spacial score (nSPS) is 28.9. The average Bonchev–Trinajstić information content (AvgIpc) is 2.56. The third-order valence-corrected chi connectivity index (χ3v) is 2.97. The fourth-order valence-electron chi connectivity index (χ4n) is 2.17. The molecule has 2 aliphatic heterocycles. The number of β-lactam (4-membered cyclic amide) rings is 1. The number of hydrogen-bond acceptors (Lipinski definition) is 2. The van der Waals surface area contributed by atoms with E-state index in [2.05, 4.69) is 17.1 Å². The Morgan fingerprint density at radius 2 is 2.43 bits per heavy atom. The van der Waals surface area contributed by atoms with Crippen molar-refractivity contribution in [3.05, 3.63) is 42.4 Å². The van der Waals surface area contributed by atoms with Crippen molar-refractivity contribution in [2.45, 2.75) is 18.4 Å². The van der Waals surface area contributed by atoms with E-state index in [9.17, 15) is 4.79 Å². The molecule has 2 aliphatic rings. The van der Waals surface area contributed by atoms with Gasteiger partial charge in [-0.15, -0.1) is 0 Å². The molecule has 14 heavy (non-hydrogen) atoms. The smallest absolute Gasteiger partial charge is 0.228 e. The lowest BCUT2D eigenvalue weighted by Crippen LogP contribution is -2.48. The van der Waals surface area contributed by atoms with E-state index in [0.717, 1.165) is 0 Å². The summed E-state index contributed by atoms with van der Waals surface area (Å²) in [6, 6.07) is 4.35. The second-order valence-electron chi connectivity index (χ2n) is 3.73. The van der Waals surface area contributed by atoms with Gasteiger partial charge in [0.2, 0.25) is 5.91 Å². The molecule has 2 atom stereocenters. The number of hydrogen-bond donors (Lipinski definition) is 0. The maximum atomic E-state index is 11.1. The van der Waals surface area contributed by atoms with Crippen molar-refractivity contribution in [3.8, 4) is 0 Å². The lowest BCUT2D eigenvalue weighted by molar-refractivity contribution is -0.140. The number of carbonyl (C=O) groups is 1. The molecule has 3 heteroatoms. The van der Waals surface area contributed by atoms with Crippen LogP contribution in [-0.4, -0.2) is 21.8 Å². The largest absolute Gasteiger partial charge is 0.315 e. The lowest BCUT2D eigenvalue weighted by atomic mass is 9.88. The first kappa shape index (κ1) is 7.74. The summed E-state index contributed by atoms with van der Waals surface area (Å²) in [6.07, 6.45) is 8.31. The average molecular weight is 186 g/mol. The van der Waals surface area contributed by atoms with Gasteiger partial charge in [-0.2, -0.15) is 0 Å². The van der Waals surface area contributed by atoms with Gasteiger partial charge in [-0.25, -0.2) is 0 Å². The highest BCUT2D eigenvalue weighted by atomic mass is 16.2. The van der Waals surface area contributed by atoms with Crippen LogP contribution in [0.4, 0.5) is 0 Å². The molecule has 0 aliphatic carbocycles. The van der Waals surface area contributed by atoms with Gasteiger partial charge in [0, 0.05) is 30.9 Å². The van der Waals surface area contributed by atoms with Crippen LogP contribution in [0.15, 0.2) is 36.8 Å². The van der Waals surface area contributed by atoms with Crippen LogP contribution in [0.2, 0.25) is 0 Å². The van der Waals surface area contributed by atoms with Gasteiger partial charge in [0.25, 0.3) is 0 Å². The van der Waals surface area contributed by atoms with Crippen LogP contribution in [0.25, 0.3) is 0 Å². The molecule has 1 saturated heterocycles. The second kappa shape index (κ2) is 2.67. The fraction of sp³-hybridized carbons (Fsp3) is 0.273. The van der Waals surface area contributed by atoms with E-state index in [1.54, 1.807) is 6.20 Å². The van der Waals surface area contributed by atoms with Gasteiger partial charge < -0.3 is 4.90 Å². The van der Waals surface area contributed by atoms with Crippen molar-refractivity contribution in [2.24, 2.45) is 0 Å². The Morgan fingerprint density at radius 1 is 1.50 bits per heavy atom. The van der Waals surface area contributed by atoms with Crippen LogP contribution < -0.4 is 0 Å². The van der Waals surface area contributed by atoms with Crippen LogP contribution >= 0.6 is 0 Å². The Morgan fingerprint density at radius 3 is 3.07 bits per heavy atom. The van der Waals surface area contributed by atoms with E-state index in [0.29, 0.717) is 18.4 Å². The molecule has 1 fully saturated rings. The second-order valence-corrected chi connectivity index (χ2v) is 3.73. The maximum absolute atomic E-state index is 11.1. The predicted molar refractivity (Wildman–Crippen MR) is 51.4 cm³/mol. The van der Waals surface area contributed by atoms with Crippen LogP contribution in [0, 0.1) is 0 Å². The first-order valence-corrected chi connectivity index (χ1v) is 4.76. The van der Waals surface area contributed by atoms with Crippen molar-refractivity contribution < 1.29 is 4.79 Å². The number of fused-ring (bicyclic) bond motifs is 1. The van der Waals surface area contributed by atoms with Gasteiger partial charge in [-0.05, 0) is 11.6 Å². The quantitative estimate of drug-likeness (QED) is 0.619. The van der Waals surface area contributed by atoms with Gasteiger partial charge in [-0.1, -0.05) is 12.1 Å². The molecule has 1 aromatic heterocycles. The minimum absolute atomic E-state index is 0.234. The van der Waals surface area contributed by atoms with E-state index < -0.39 is 0 Å². The maximum Gasteiger partial charge on any atom is 0.228 e. The zero-order chi connectivity index (χ0) is 9.54. The summed E-state index contributed by atoms with van der Waals surface area (Å²) in [6.45, 7) is 0. The summed E-state index contributed by atoms with van der Waals surface area (Å²) in [5.41, 5.74) is 1.20. The van der Waals surface area contributed by atoms with Gasteiger partial charge in [0.15, 0.2) is 0 Å². The number of amides is 1. The van der Waals surface area contributed by atoms with E-state index in [1.807, 2.05) is 23.4 Å². The van der Waals surface area contributed by atoms with Crippen LogP contribution in [-0.2, 0) is 4.79 Å². The molecule has 3 rings (SSSR count). The molecular weight excluding hydrogens is 176 g/mol. The van der Waals surface area contributed by atoms with E-state index in [4.69, 9.17) is 0 Å². The number of aromatic nitrogens is 1. The Bertz CT molecular complexity index is 399. The van der Waals surface area contributed by atoms with E-state index >= 15 is 0 Å². The third kappa shape index (κ3) is 0.923. The molecule has 0 bridgehead atoms. The standard InChI is InChI=1S/C11H10N2O/c14-11-6-10-9(3-5-13(10)11)8-2-1-4-12-7-8/h1-5,7,9-10H,6H2/t9?,10-/m0/s1. The first-order valence-electron chi connectivity index (χ1n) is 4.76. The Kier molecular flexibility index (Phi) is 1.48. The summed E-state index contributed by atoms with van der Waals surface area (Å²) in [5.74, 6) is 0.582. The molecule has 70 valence electrons. The van der Waals surface area contributed by atoms with Crippen molar-refractivity contribution in [1.29, 1.82) is 0 Å². The summed E-state index contributed by atoms with van der Waals surface area (Å²) in [7, 11) is 0. The van der Waals surface area contributed by atoms with Crippen LogP contribution in [0.1, 0.15) is 17.9 Å². The van der Waals surface area contributed by atoms with Crippen molar-refractivity contribution in [1.82, 2.24) is 9.88 Å². The molecule has 0 aromatic carbocycles. The molecular formula is C11H10N2O. The van der Waals surface area contributed by atoms with Gasteiger partial charge >= 0.3 is 0 Å². The zero-order valence-corrected chi connectivity index (χ0v) is 7.63. The highest BCUT2D eigenvalue weighted by Gasteiger charge is 2.43. The molecule has 0 spiro atoms. The molecule has 0 radical (unpaired) electrons. The topological polar surface area (TPSA) is 33.2 Å². The van der Waals surface area contributed by atoms with Crippen LogP contribution in [0.5, 0.6) is 0 Å². The van der Waals surface area contributed by atoms with Crippen molar-refractivity contribution >= 4 is 5.91 Å². The summed E-state index contributed by atoms with van der Waals surface area (Å²) in [4.78, 5) is 17.1. The monoisotopic (exact) mass is 186 g/mol. The number of rotatable bonds is 1. The molecule has 1 aromatic rings. The minimum atomic E-state index is 0.234. The third-order valence-electron chi connectivity index (χ3n) is 2.97. The SMILES string of the molecule is O=C1C[C@H]2C(c3cccnc3)C=CN12. The van der Waals surface area contributed by atoms with Crippen molar-refractivity contribution in [3.63, 3.8) is 0 Å². The number of carbonyl (C=O) groups excluding carboxylic acids is 1. The molecule has 3 nitrogen and oxygen atoms in total. The lowest BCUT2D eigenvalue weighted by Gasteiger charge is -2.36. The highest BCUT2D eigenvalue weighted by Crippen LogP contribution is 2.38. The Hall–Kier alpha value is -1.64. The summed E-state index contributed by atoms with van der Waals surface area (Å²) in [5, 5.41) is 0. The Balaban J connectivity index is 1.90. The number of pyridine rings is 1. The fourth-order valence-corrected chi connectivity index (χ4v) is 2.17. The van der Waals surface area contributed by atoms with Crippen molar-refractivity contribution in [2.75, 3.05) is 0 Å². The van der Waals surface area contributed by atoms with E-state index in [1.165, 1.54) is 5.56 Å². The molecule has 1 unspecified atom stereocenters. The predicted octanol–water partition coefficient (Wildman–Crippen LogP) is 1.29. The zero-order valence-electron chi connectivity index (χ0n) is 7.63. The molecule has 0 saturated carbocycles. The van der Waals surface area contributed by atoms with Gasteiger partial charge in [-0.3, -0.25) is 9.78 Å². The molecule has 0 N–H and O–H groups in total. The van der Waals surface area contributed by atoms with E-state index in [-0.39, 0.29) is 5.91 Å². The highest BCUT2D eigenvalue weighted by molar-refractivity contribution is 5.85. The molecule has 1 amide bonds.